The number of hydrogen-bond acceptors (Lipinski definition) is 3. The number of hydrogen-bond donors (Lipinski definition) is 3. The number of carbonyl (C=O) groups is 1. The third-order valence-electron chi connectivity index (χ3n) is 2.85. The summed E-state index contributed by atoms with van der Waals surface area (Å²) in [6, 6.07) is 8.70. The SMILES string of the molecule is Nc1cccc(C(=O)Nc2ccc(C(F)(F)F)cc2)c1N. The standard InChI is InChI=1S/C14H12F3N3O/c15-14(16,17)8-4-6-9(7-5-8)20-13(21)10-2-1-3-11(18)12(10)19/h1-7H,18-19H2,(H,20,21). The fourth-order valence-electron chi connectivity index (χ4n) is 1.72. The fraction of sp³-hybridized carbons (Fsp3) is 0.0714. The first-order chi connectivity index (χ1) is 9.79. The first kappa shape index (κ1) is 14.7. The monoisotopic (exact) mass is 295 g/mol. The Hall–Kier alpha value is -2.70. The molecule has 0 saturated heterocycles. The second-order valence-corrected chi connectivity index (χ2v) is 4.34. The minimum Gasteiger partial charge on any atom is -0.397 e. The van der Waals surface area contributed by atoms with E-state index in [1.54, 1.807) is 12.1 Å². The second kappa shape index (κ2) is 5.35. The molecule has 0 bridgehead atoms. The highest BCUT2D eigenvalue weighted by Crippen LogP contribution is 2.30. The second-order valence-electron chi connectivity index (χ2n) is 4.34. The quantitative estimate of drug-likeness (QED) is 0.744. The molecule has 0 aliphatic carbocycles. The van der Waals surface area contributed by atoms with Gasteiger partial charge in [0, 0.05) is 5.69 Å². The van der Waals surface area contributed by atoms with Gasteiger partial charge in [0.25, 0.3) is 5.91 Å². The molecule has 0 radical (unpaired) electrons. The Bertz CT molecular complexity index is 666. The van der Waals surface area contributed by atoms with Gasteiger partial charge in [-0.25, -0.2) is 0 Å². The number of rotatable bonds is 2. The molecule has 0 aliphatic heterocycles. The number of para-hydroxylation sites is 1. The molecule has 0 aromatic heterocycles. The van der Waals surface area contributed by atoms with Crippen LogP contribution in [0.25, 0.3) is 0 Å². The summed E-state index contributed by atoms with van der Waals surface area (Å²) in [6.45, 7) is 0. The van der Waals surface area contributed by atoms with Crippen molar-refractivity contribution in [2.24, 2.45) is 0 Å². The van der Waals surface area contributed by atoms with Crippen LogP contribution in [0.3, 0.4) is 0 Å². The molecular weight excluding hydrogens is 283 g/mol. The fourth-order valence-corrected chi connectivity index (χ4v) is 1.72. The summed E-state index contributed by atoms with van der Waals surface area (Å²) in [6.07, 6.45) is -4.42. The molecule has 2 aromatic rings. The molecule has 0 saturated carbocycles. The van der Waals surface area contributed by atoms with Gasteiger partial charge in [0.15, 0.2) is 0 Å². The van der Waals surface area contributed by atoms with Crippen molar-refractivity contribution in [1.29, 1.82) is 0 Å². The van der Waals surface area contributed by atoms with Crippen molar-refractivity contribution in [3.8, 4) is 0 Å². The number of carbonyl (C=O) groups excluding carboxylic acids is 1. The van der Waals surface area contributed by atoms with E-state index < -0.39 is 17.6 Å². The van der Waals surface area contributed by atoms with Crippen LogP contribution in [-0.4, -0.2) is 5.91 Å². The smallest absolute Gasteiger partial charge is 0.397 e. The van der Waals surface area contributed by atoms with Crippen LogP contribution in [-0.2, 0) is 6.18 Å². The van der Waals surface area contributed by atoms with Crippen LogP contribution in [0.2, 0.25) is 0 Å². The highest BCUT2D eigenvalue weighted by Gasteiger charge is 2.30. The van der Waals surface area contributed by atoms with Gasteiger partial charge in [0.05, 0.1) is 22.5 Å². The van der Waals surface area contributed by atoms with E-state index >= 15 is 0 Å². The molecule has 0 fully saturated rings. The van der Waals surface area contributed by atoms with Gasteiger partial charge in [-0.3, -0.25) is 4.79 Å². The molecule has 0 unspecified atom stereocenters. The zero-order valence-corrected chi connectivity index (χ0v) is 10.7. The number of nitrogen functional groups attached to an aromatic ring is 2. The third kappa shape index (κ3) is 3.25. The largest absolute Gasteiger partial charge is 0.416 e. The topological polar surface area (TPSA) is 81.1 Å². The van der Waals surface area contributed by atoms with Gasteiger partial charge in [-0.05, 0) is 36.4 Å². The molecule has 5 N–H and O–H groups in total. The zero-order valence-electron chi connectivity index (χ0n) is 10.7. The average molecular weight is 295 g/mol. The van der Waals surface area contributed by atoms with E-state index in [4.69, 9.17) is 11.5 Å². The lowest BCUT2D eigenvalue weighted by Crippen LogP contribution is -2.15. The van der Waals surface area contributed by atoms with Crippen LogP contribution in [0.5, 0.6) is 0 Å². The molecule has 4 nitrogen and oxygen atoms in total. The molecule has 0 aliphatic rings. The maximum Gasteiger partial charge on any atom is 0.416 e. The lowest BCUT2D eigenvalue weighted by atomic mass is 10.1. The van der Waals surface area contributed by atoms with Crippen LogP contribution in [0.1, 0.15) is 15.9 Å². The number of nitrogens with two attached hydrogens (primary N) is 2. The minimum atomic E-state index is -4.42. The highest BCUT2D eigenvalue weighted by molar-refractivity contribution is 6.09. The van der Waals surface area contributed by atoms with Gasteiger partial charge < -0.3 is 16.8 Å². The van der Waals surface area contributed by atoms with Crippen molar-refractivity contribution in [1.82, 2.24) is 0 Å². The lowest BCUT2D eigenvalue weighted by Gasteiger charge is -2.10. The average Bonchev–Trinajstić information content (AvgIpc) is 2.41. The van der Waals surface area contributed by atoms with E-state index in [1.165, 1.54) is 18.2 Å². The maximum atomic E-state index is 12.4. The predicted octanol–water partition coefficient (Wildman–Crippen LogP) is 3.12. The molecule has 0 spiro atoms. The van der Waals surface area contributed by atoms with Gasteiger partial charge >= 0.3 is 6.18 Å². The summed E-state index contributed by atoms with van der Waals surface area (Å²) < 4.78 is 37.3. The predicted molar refractivity (Wildman–Crippen MR) is 74.7 cm³/mol. The summed E-state index contributed by atoms with van der Waals surface area (Å²) in [5, 5.41) is 2.46. The number of benzene rings is 2. The summed E-state index contributed by atoms with van der Waals surface area (Å²) >= 11 is 0. The van der Waals surface area contributed by atoms with Crippen molar-refractivity contribution in [3.05, 3.63) is 53.6 Å². The van der Waals surface area contributed by atoms with E-state index in [1.807, 2.05) is 0 Å². The normalized spacial score (nSPS) is 11.2. The van der Waals surface area contributed by atoms with Crippen LogP contribution >= 0.6 is 0 Å². The van der Waals surface area contributed by atoms with E-state index in [9.17, 15) is 18.0 Å². The van der Waals surface area contributed by atoms with Crippen molar-refractivity contribution in [2.75, 3.05) is 16.8 Å². The Labute approximate surface area is 118 Å². The molecular formula is C14H12F3N3O. The van der Waals surface area contributed by atoms with Crippen LogP contribution in [0.15, 0.2) is 42.5 Å². The minimum absolute atomic E-state index is 0.127. The molecule has 1 amide bonds. The Morgan fingerprint density at radius 2 is 1.62 bits per heavy atom. The summed E-state index contributed by atoms with van der Waals surface area (Å²) in [5.41, 5.74) is 11.3. The van der Waals surface area contributed by atoms with E-state index in [0.717, 1.165) is 12.1 Å². The number of nitrogens with one attached hydrogen (secondary N) is 1. The molecule has 2 rings (SSSR count). The van der Waals surface area contributed by atoms with Crippen LogP contribution in [0, 0.1) is 0 Å². The van der Waals surface area contributed by atoms with E-state index in [-0.39, 0.29) is 22.6 Å². The van der Waals surface area contributed by atoms with Crippen LogP contribution in [0.4, 0.5) is 30.2 Å². The number of halogens is 3. The first-order valence-electron chi connectivity index (χ1n) is 5.91. The molecule has 0 heterocycles. The van der Waals surface area contributed by atoms with E-state index in [2.05, 4.69) is 5.32 Å². The van der Waals surface area contributed by atoms with Crippen molar-refractivity contribution in [2.45, 2.75) is 6.18 Å². The summed E-state index contributed by atoms with van der Waals surface area (Å²) in [4.78, 5) is 12.0. The van der Waals surface area contributed by atoms with Crippen LogP contribution < -0.4 is 16.8 Å². The Balaban J connectivity index is 2.18. The summed E-state index contributed by atoms with van der Waals surface area (Å²) in [5.74, 6) is -0.542. The zero-order chi connectivity index (χ0) is 15.6. The van der Waals surface area contributed by atoms with Gasteiger partial charge in [-0.1, -0.05) is 6.07 Å². The van der Waals surface area contributed by atoms with Gasteiger partial charge in [0.2, 0.25) is 0 Å². The van der Waals surface area contributed by atoms with Gasteiger partial charge in [-0.2, -0.15) is 13.2 Å². The Morgan fingerprint density at radius 3 is 2.19 bits per heavy atom. The number of anilines is 3. The van der Waals surface area contributed by atoms with Crippen molar-refractivity contribution in [3.63, 3.8) is 0 Å². The number of alkyl halides is 3. The van der Waals surface area contributed by atoms with Crippen molar-refractivity contribution >= 4 is 23.0 Å². The number of amides is 1. The van der Waals surface area contributed by atoms with Gasteiger partial charge in [0.1, 0.15) is 0 Å². The molecule has 110 valence electrons. The maximum absolute atomic E-state index is 12.4. The summed E-state index contributed by atoms with van der Waals surface area (Å²) in [7, 11) is 0. The lowest BCUT2D eigenvalue weighted by molar-refractivity contribution is -0.137. The highest BCUT2D eigenvalue weighted by atomic mass is 19.4. The Kier molecular flexibility index (Phi) is 3.75. The molecule has 2 aromatic carbocycles. The third-order valence-corrected chi connectivity index (χ3v) is 2.85. The van der Waals surface area contributed by atoms with Gasteiger partial charge in [-0.15, -0.1) is 0 Å². The first-order valence-corrected chi connectivity index (χ1v) is 5.91. The van der Waals surface area contributed by atoms with Crippen molar-refractivity contribution < 1.29 is 18.0 Å². The molecule has 0 atom stereocenters. The van der Waals surface area contributed by atoms with E-state index in [0.29, 0.717) is 0 Å². The molecule has 7 heteroatoms. The molecule has 21 heavy (non-hydrogen) atoms. The Morgan fingerprint density at radius 1 is 1.00 bits per heavy atom.